The third kappa shape index (κ3) is 4.20. The summed E-state index contributed by atoms with van der Waals surface area (Å²) in [6.07, 6.45) is 0.426. The molecule has 0 heterocycles. The number of hydrogen-bond donors (Lipinski definition) is 0. The van der Waals surface area contributed by atoms with Crippen molar-refractivity contribution < 1.29 is 4.92 Å². The van der Waals surface area contributed by atoms with Crippen LogP contribution in [0.25, 0.3) is 0 Å². The lowest BCUT2D eigenvalue weighted by Crippen LogP contribution is -2.29. The van der Waals surface area contributed by atoms with Gasteiger partial charge < -0.3 is 4.90 Å². The Kier molecular flexibility index (Phi) is 5.96. The van der Waals surface area contributed by atoms with Gasteiger partial charge in [0.1, 0.15) is 0 Å². The van der Waals surface area contributed by atoms with Gasteiger partial charge in [-0.05, 0) is 34.8 Å². The van der Waals surface area contributed by atoms with Crippen molar-refractivity contribution in [1.82, 2.24) is 0 Å². The fourth-order valence-corrected chi connectivity index (χ4v) is 2.61. The molecule has 1 aromatic rings. The molecule has 1 aromatic carbocycles. The molecule has 0 saturated carbocycles. The Balaban J connectivity index is 3.16. The van der Waals surface area contributed by atoms with Gasteiger partial charge in [-0.1, -0.05) is 13.8 Å². The molecule has 0 aliphatic carbocycles. The van der Waals surface area contributed by atoms with Gasteiger partial charge in [-0.3, -0.25) is 10.1 Å². The van der Waals surface area contributed by atoms with E-state index in [4.69, 9.17) is 5.26 Å². The number of anilines is 1. The summed E-state index contributed by atoms with van der Waals surface area (Å²) in [7, 11) is 0. The standard InChI is InChI=1S/C14H18BrN3O2/c1-10(2)9-17(6-4-5-16)14-7-11(3)13(18(19)20)8-12(14)15/h7-8,10H,4,6,9H2,1-3H3. The number of benzene rings is 1. The first kappa shape index (κ1) is 16.4. The third-order valence-electron chi connectivity index (χ3n) is 2.88. The first-order chi connectivity index (χ1) is 9.36. The number of rotatable bonds is 6. The number of halogens is 1. The van der Waals surface area contributed by atoms with Crippen LogP contribution < -0.4 is 4.90 Å². The average molecular weight is 340 g/mol. The van der Waals surface area contributed by atoms with Crippen molar-refractivity contribution in [2.75, 3.05) is 18.0 Å². The molecule has 20 heavy (non-hydrogen) atoms. The van der Waals surface area contributed by atoms with Crippen molar-refractivity contribution in [2.24, 2.45) is 5.92 Å². The molecule has 108 valence electrons. The van der Waals surface area contributed by atoms with Crippen LogP contribution in [-0.4, -0.2) is 18.0 Å². The van der Waals surface area contributed by atoms with Crippen LogP contribution in [0.3, 0.4) is 0 Å². The molecule has 0 aromatic heterocycles. The minimum absolute atomic E-state index is 0.102. The number of nitro groups is 1. The highest BCUT2D eigenvalue weighted by atomic mass is 79.9. The molecule has 0 spiro atoms. The van der Waals surface area contributed by atoms with E-state index in [-0.39, 0.29) is 10.6 Å². The van der Waals surface area contributed by atoms with Crippen molar-refractivity contribution >= 4 is 27.3 Å². The zero-order chi connectivity index (χ0) is 15.3. The monoisotopic (exact) mass is 339 g/mol. The Labute approximate surface area is 127 Å². The summed E-state index contributed by atoms with van der Waals surface area (Å²) in [6, 6.07) is 5.48. The summed E-state index contributed by atoms with van der Waals surface area (Å²) in [6.45, 7) is 7.35. The molecule has 6 heteroatoms. The summed E-state index contributed by atoms with van der Waals surface area (Å²) in [4.78, 5) is 12.6. The van der Waals surface area contributed by atoms with Crippen LogP contribution in [0.15, 0.2) is 16.6 Å². The van der Waals surface area contributed by atoms with Gasteiger partial charge in [-0.25, -0.2) is 0 Å². The number of nitriles is 1. The number of hydrogen-bond acceptors (Lipinski definition) is 4. The summed E-state index contributed by atoms with van der Waals surface area (Å²) >= 11 is 3.40. The van der Waals surface area contributed by atoms with E-state index in [0.717, 1.165) is 12.2 Å². The molecule has 0 aliphatic rings. The zero-order valence-corrected chi connectivity index (χ0v) is 13.5. The SMILES string of the molecule is Cc1cc(N(CCC#N)CC(C)C)c(Br)cc1[N+](=O)[O-]. The van der Waals surface area contributed by atoms with Crippen molar-refractivity contribution in [2.45, 2.75) is 27.2 Å². The van der Waals surface area contributed by atoms with Gasteiger partial charge in [-0.15, -0.1) is 0 Å². The molecule has 0 aliphatic heterocycles. The van der Waals surface area contributed by atoms with Gasteiger partial charge in [0.25, 0.3) is 5.69 Å². The second kappa shape index (κ2) is 7.25. The first-order valence-electron chi connectivity index (χ1n) is 6.43. The lowest BCUT2D eigenvalue weighted by Gasteiger charge is -2.27. The van der Waals surface area contributed by atoms with E-state index in [1.54, 1.807) is 6.92 Å². The summed E-state index contributed by atoms with van der Waals surface area (Å²) in [5, 5.41) is 19.7. The normalized spacial score (nSPS) is 10.4. The van der Waals surface area contributed by atoms with Gasteiger partial charge >= 0.3 is 0 Å². The van der Waals surface area contributed by atoms with Crippen LogP contribution in [0, 0.1) is 34.3 Å². The fourth-order valence-electron chi connectivity index (χ4n) is 2.03. The van der Waals surface area contributed by atoms with E-state index in [1.807, 2.05) is 6.07 Å². The Morgan fingerprint density at radius 3 is 2.65 bits per heavy atom. The highest BCUT2D eigenvalue weighted by Crippen LogP contribution is 2.33. The van der Waals surface area contributed by atoms with Crippen molar-refractivity contribution in [1.29, 1.82) is 5.26 Å². The Bertz CT molecular complexity index is 538. The second-order valence-corrected chi connectivity index (χ2v) is 5.95. The Hall–Kier alpha value is -1.61. The van der Waals surface area contributed by atoms with Gasteiger partial charge in [-0.2, -0.15) is 5.26 Å². The summed E-state index contributed by atoms with van der Waals surface area (Å²) < 4.78 is 0.688. The molecular weight excluding hydrogens is 322 g/mol. The zero-order valence-electron chi connectivity index (χ0n) is 11.9. The number of aryl methyl sites for hydroxylation is 1. The second-order valence-electron chi connectivity index (χ2n) is 5.10. The van der Waals surface area contributed by atoms with Crippen molar-refractivity contribution in [3.63, 3.8) is 0 Å². The van der Waals surface area contributed by atoms with Gasteiger partial charge in [0.15, 0.2) is 0 Å². The lowest BCUT2D eigenvalue weighted by atomic mass is 10.1. The van der Waals surface area contributed by atoms with E-state index < -0.39 is 0 Å². The highest BCUT2D eigenvalue weighted by Gasteiger charge is 2.18. The summed E-state index contributed by atoms with van der Waals surface area (Å²) in [5.41, 5.74) is 1.63. The van der Waals surface area contributed by atoms with Gasteiger partial charge in [0.05, 0.1) is 23.1 Å². The van der Waals surface area contributed by atoms with Crippen LogP contribution in [0.2, 0.25) is 0 Å². The van der Waals surface area contributed by atoms with E-state index in [9.17, 15) is 10.1 Å². The van der Waals surface area contributed by atoms with Crippen LogP contribution in [0.1, 0.15) is 25.8 Å². The van der Waals surface area contributed by atoms with Crippen LogP contribution in [-0.2, 0) is 0 Å². The number of nitro benzene ring substituents is 1. The minimum atomic E-state index is -0.383. The average Bonchev–Trinajstić information content (AvgIpc) is 2.36. The highest BCUT2D eigenvalue weighted by molar-refractivity contribution is 9.10. The molecular formula is C14H18BrN3O2. The maximum absolute atomic E-state index is 10.9. The molecule has 0 unspecified atom stereocenters. The van der Waals surface area contributed by atoms with E-state index in [1.165, 1.54) is 6.07 Å². The van der Waals surface area contributed by atoms with Gasteiger partial charge in [0, 0.05) is 29.2 Å². The van der Waals surface area contributed by atoms with Crippen molar-refractivity contribution in [3.8, 4) is 6.07 Å². The molecule has 0 fully saturated rings. The van der Waals surface area contributed by atoms with Crippen LogP contribution >= 0.6 is 15.9 Å². The molecule has 0 N–H and O–H groups in total. The molecule has 1 rings (SSSR count). The van der Waals surface area contributed by atoms with E-state index in [0.29, 0.717) is 28.9 Å². The Morgan fingerprint density at radius 1 is 1.50 bits per heavy atom. The Morgan fingerprint density at radius 2 is 2.15 bits per heavy atom. The topological polar surface area (TPSA) is 70.2 Å². The summed E-state index contributed by atoms with van der Waals surface area (Å²) in [5.74, 6) is 0.441. The molecule has 0 radical (unpaired) electrons. The lowest BCUT2D eigenvalue weighted by molar-refractivity contribution is -0.385. The predicted octanol–water partition coefficient (Wildman–Crippen LogP) is 4.04. The number of nitrogens with zero attached hydrogens (tertiary/aromatic N) is 3. The largest absolute Gasteiger partial charge is 0.369 e. The molecule has 0 saturated heterocycles. The van der Waals surface area contributed by atoms with Crippen LogP contribution in [0.5, 0.6) is 0 Å². The molecule has 0 bridgehead atoms. The predicted molar refractivity (Wildman–Crippen MR) is 82.8 cm³/mol. The van der Waals surface area contributed by atoms with Crippen LogP contribution in [0.4, 0.5) is 11.4 Å². The van der Waals surface area contributed by atoms with E-state index in [2.05, 4.69) is 40.7 Å². The molecule has 0 atom stereocenters. The minimum Gasteiger partial charge on any atom is -0.369 e. The smallest absolute Gasteiger partial charge is 0.273 e. The van der Waals surface area contributed by atoms with E-state index >= 15 is 0 Å². The maximum atomic E-state index is 10.9. The first-order valence-corrected chi connectivity index (χ1v) is 7.22. The quantitative estimate of drug-likeness (QED) is 0.579. The van der Waals surface area contributed by atoms with Gasteiger partial charge in [0.2, 0.25) is 0 Å². The maximum Gasteiger partial charge on any atom is 0.273 e. The molecule has 0 amide bonds. The van der Waals surface area contributed by atoms with Crippen molar-refractivity contribution in [3.05, 3.63) is 32.3 Å². The third-order valence-corrected chi connectivity index (χ3v) is 3.52. The fraction of sp³-hybridized carbons (Fsp3) is 0.500. The molecule has 5 nitrogen and oxygen atoms in total.